The maximum Gasteiger partial charge on any atom is 0.240 e. The molecule has 0 radical (unpaired) electrons. The normalized spacial score (nSPS) is 11.6. The molecule has 0 atom stereocenters. The Hall–Kier alpha value is -1.07. The Bertz CT molecular complexity index is 513. The molecular formula is C15H26N2O2S. The molecule has 114 valence electrons. The van der Waals surface area contributed by atoms with Gasteiger partial charge < -0.3 is 5.32 Å². The summed E-state index contributed by atoms with van der Waals surface area (Å²) >= 11 is 0. The highest BCUT2D eigenvalue weighted by Gasteiger charge is 2.14. The Kier molecular flexibility index (Phi) is 7.02. The fourth-order valence-electron chi connectivity index (χ4n) is 2.07. The summed E-state index contributed by atoms with van der Waals surface area (Å²) in [6.07, 6.45) is 6.13. The van der Waals surface area contributed by atoms with Crippen molar-refractivity contribution in [1.82, 2.24) is 4.72 Å². The van der Waals surface area contributed by atoms with Gasteiger partial charge in [-0.3, -0.25) is 0 Å². The highest BCUT2D eigenvalue weighted by atomic mass is 32.2. The van der Waals surface area contributed by atoms with E-state index in [2.05, 4.69) is 17.0 Å². The van der Waals surface area contributed by atoms with Crippen LogP contribution in [0, 0.1) is 6.92 Å². The number of hydrogen-bond acceptors (Lipinski definition) is 3. The van der Waals surface area contributed by atoms with E-state index in [1.165, 1.54) is 32.7 Å². The maximum atomic E-state index is 11.9. The second-order valence-corrected chi connectivity index (χ2v) is 6.88. The van der Waals surface area contributed by atoms with Crippen molar-refractivity contribution in [2.75, 3.05) is 18.9 Å². The number of hydrogen-bond donors (Lipinski definition) is 2. The predicted octanol–water partition coefficient (Wildman–Crippen LogP) is 3.29. The van der Waals surface area contributed by atoms with Crippen LogP contribution in [0.1, 0.15) is 44.6 Å². The van der Waals surface area contributed by atoms with Gasteiger partial charge >= 0.3 is 0 Å². The van der Waals surface area contributed by atoms with Crippen molar-refractivity contribution in [3.05, 3.63) is 23.8 Å². The minimum atomic E-state index is -3.38. The average Bonchev–Trinajstić information content (AvgIpc) is 2.44. The molecule has 2 N–H and O–H groups in total. The van der Waals surface area contributed by atoms with Gasteiger partial charge in [0, 0.05) is 12.2 Å². The molecule has 0 saturated carbocycles. The summed E-state index contributed by atoms with van der Waals surface area (Å²) < 4.78 is 26.1. The molecule has 1 rings (SSSR count). The fourth-order valence-corrected chi connectivity index (χ4v) is 3.06. The Labute approximate surface area is 123 Å². The van der Waals surface area contributed by atoms with Crippen molar-refractivity contribution in [3.8, 4) is 0 Å². The molecule has 0 heterocycles. The first-order valence-electron chi connectivity index (χ1n) is 7.29. The van der Waals surface area contributed by atoms with Gasteiger partial charge in [-0.2, -0.15) is 0 Å². The highest BCUT2D eigenvalue weighted by molar-refractivity contribution is 7.89. The quantitative estimate of drug-likeness (QED) is 0.688. The second kappa shape index (κ2) is 8.27. The molecule has 1 aromatic carbocycles. The van der Waals surface area contributed by atoms with Gasteiger partial charge in [-0.15, -0.1) is 0 Å². The molecule has 20 heavy (non-hydrogen) atoms. The second-order valence-electron chi connectivity index (χ2n) is 5.03. The molecule has 0 fully saturated rings. The van der Waals surface area contributed by atoms with Crippen LogP contribution in [0.3, 0.4) is 0 Å². The number of anilines is 1. The van der Waals surface area contributed by atoms with Crippen molar-refractivity contribution in [2.45, 2.75) is 50.8 Å². The molecule has 0 unspecified atom stereocenters. The summed E-state index contributed by atoms with van der Waals surface area (Å²) in [7, 11) is -1.95. The van der Waals surface area contributed by atoms with Crippen molar-refractivity contribution in [1.29, 1.82) is 0 Å². The van der Waals surface area contributed by atoms with Crippen LogP contribution >= 0.6 is 0 Å². The van der Waals surface area contributed by atoms with E-state index in [9.17, 15) is 8.42 Å². The number of benzene rings is 1. The smallest absolute Gasteiger partial charge is 0.240 e. The van der Waals surface area contributed by atoms with Crippen molar-refractivity contribution in [2.24, 2.45) is 0 Å². The van der Waals surface area contributed by atoms with Gasteiger partial charge in [-0.25, -0.2) is 13.1 Å². The first kappa shape index (κ1) is 17.0. The lowest BCUT2D eigenvalue weighted by atomic mass is 10.1. The minimum absolute atomic E-state index is 0.344. The third-order valence-corrected chi connectivity index (χ3v) is 4.91. The van der Waals surface area contributed by atoms with Crippen LogP contribution in [-0.2, 0) is 10.0 Å². The van der Waals surface area contributed by atoms with Gasteiger partial charge in [-0.1, -0.05) is 38.7 Å². The first-order chi connectivity index (χ1) is 9.51. The van der Waals surface area contributed by atoms with E-state index in [1.54, 1.807) is 13.0 Å². The third kappa shape index (κ3) is 5.13. The molecule has 0 bridgehead atoms. The number of unbranched alkanes of at least 4 members (excludes halogenated alkanes) is 4. The van der Waals surface area contributed by atoms with Crippen LogP contribution in [0.4, 0.5) is 5.69 Å². The molecular weight excluding hydrogens is 272 g/mol. The zero-order valence-corrected chi connectivity index (χ0v) is 13.5. The van der Waals surface area contributed by atoms with E-state index in [0.717, 1.165) is 24.2 Å². The lowest BCUT2D eigenvalue weighted by Crippen LogP contribution is -2.19. The summed E-state index contributed by atoms with van der Waals surface area (Å²) in [6.45, 7) is 4.89. The van der Waals surface area contributed by atoms with E-state index >= 15 is 0 Å². The summed E-state index contributed by atoms with van der Waals surface area (Å²) in [6, 6.07) is 5.47. The standard InChI is InChI=1S/C15H26N2O2S/c1-4-5-6-7-8-11-17-14-10-9-13(2)15(12-14)20(18,19)16-3/h9-10,12,16-17H,4-8,11H2,1-3H3. The zero-order valence-electron chi connectivity index (χ0n) is 12.7. The Morgan fingerprint density at radius 2 is 1.80 bits per heavy atom. The molecule has 5 heteroatoms. The Balaban J connectivity index is 2.58. The van der Waals surface area contributed by atoms with Gasteiger partial charge in [0.2, 0.25) is 10.0 Å². The van der Waals surface area contributed by atoms with Crippen molar-refractivity contribution >= 4 is 15.7 Å². The third-order valence-electron chi connectivity index (χ3n) is 3.36. The van der Waals surface area contributed by atoms with E-state index < -0.39 is 10.0 Å². The van der Waals surface area contributed by atoms with E-state index in [1.807, 2.05) is 12.1 Å². The largest absolute Gasteiger partial charge is 0.385 e. The van der Waals surface area contributed by atoms with Crippen LogP contribution in [0.2, 0.25) is 0 Å². The van der Waals surface area contributed by atoms with Crippen molar-refractivity contribution in [3.63, 3.8) is 0 Å². The van der Waals surface area contributed by atoms with Crippen LogP contribution in [-0.4, -0.2) is 22.0 Å². The van der Waals surface area contributed by atoms with Crippen LogP contribution < -0.4 is 10.0 Å². The molecule has 0 amide bonds. The summed E-state index contributed by atoms with van der Waals surface area (Å²) in [5, 5.41) is 3.29. The molecule has 1 aromatic rings. The average molecular weight is 298 g/mol. The number of sulfonamides is 1. The van der Waals surface area contributed by atoms with Crippen LogP contribution in [0.15, 0.2) is 23.1 Å². The number of rotatable bonds is 9. The van der Waals surface area contributed by atoms with E-state index in [-0.39, 0.29) is 0 Å². The monoisotopic (exact) mass is 298 g/mol. The highest BCUT2D eigenvalue weighted by Crippen LogP contribution is 2.20. The zero-order chi connectivity index (χ0) is 15.0. The lowest BCUT2D eigenvalue weighted by Gasteiger charge is -2.11. The Morgan fingerprint density at radius 3 is 2.45 bits per heavy atom. The molecule has 0 aliphatic heterocycles. The molecule has 0 aromatic heterocycles. The van der Waals surface area contributed by atoms with Crippen LogP contribution in [0.25, 0.3) is 0 Å². The SMILES string of the molecule is CCCCCCCNc1ccc(C)c(S(=O)(=O)NC)c1. The molecule has 0 aliphatic rings. The van der Waals surface area contributed by atoms with Gasteiger partial charge in [0.1, 0.15) is 0 Å². The van der Waals surface area contributed by atoms with E-state index in [4.69, 9.17) is 0 Å². The minimum Gasteiger partial charge on any atom is -0.385 e. The maximum absolute atomic E-state index is 11.9. The fraction of sp³-hybridized carbons (Fsp3) is 0.600. The van der Waals surface area contributed by atoms with Gasteiger partial charge in [0.15, 0.2) is 0 Å². The molecule has 0 saturated heterocycles. The summed E-state index contributed by atoms with van der Waals surface area (Å²) in [5.74, 6) is 0. The number of aryl methyl sites for hydroxylation is 1. The van der Waals surface area contributed by atoms with E-state index in [0.29, 0.717) is 4.90 Å². The van der Waals surface area contributed by atoms with Gasteiger partial charge in [0.05, 0.1) is 4.90 Å². The number of nitrogens with one attached hydrogen (secondary N) is 2. The lowest BCUT2D eigenvalue weighted by molar-refractivity contribution is 0.587. The summed E-state index contributed by atoms with van der Waals surface area (Å²) in [5.41, 5.74) is 1.62. The summed E-state index contributed by atoms with van der Waals surface area (Å²) in [4.78, 5) is 0.344. The Morgan fingerprint density at radius 1 is 1.10 bits per heavy atom. The molecule has 0 aliphatic carbocycles. The topological polar surface area (TPSA) is 58.2 Å². The van der Waals surface area contributed by atoms with Gasteiger partial charge in [0.25, 0.3) is 0 Å². The van der Waals surface area contributed by atoms with Gasteiger partial charge in [-0.05, 0) is 38.1 Å². The van der Waals surface area contributed by atoms with Crippen LogP contribution in [0.5, 0.6) is 0 Å². The first-order valence-corrected chi connectivity index (χ1v) is 8.77. The predicted molar refractivity (Wildman–Crippen MR) is 84.7 cm³/mol. The molecule has 4 nitrogen and oxygen atoms in total. The molecule has 0 spiro atoms. The van der Waals surface area contributed by atoms with Crippen molar-refractivity contribution < 1.29 is 8.42 Å².